The molecule has 12 nitrogen and oxygen atoms in total. The van der Waals surface area contributed by atoms with Crippen LogP contribution in [0.15, 0.2) is 17.5 Å². The number of amides is 1. The van der Waals surface area contributed by atoms with Crippen molar-refractivity contribution in [3.05, 3.63) is 23.2 Å². The van der Waals surface area contributed by atoms with Crippen LogP contribution < -0.4 is 10.0 Å². The Balaban J connectivity index is 1.60. The van der Waals surface area contributed by atoms with Gasteiger partial charge in [-0.3, -0.25) is 14.5 Å². The van der Waals surface area contributed by atoms with E-state index in [9.17, 15) is 27.9 Å². The van der Waals surface area contributed by atoms with Crippen molar-refractivity contribution in [3.8, 4) is 0 Å². The number of aryl methyl sites for hydroxylation is 1. The molecule has 3 rings (SSSR count). The van der Waals surface area contributed by atoms with Crippen molar-refractivity contribution < 1.29 is 32.6 Å². The van der Waals surface area contributed by atoms with Gasteiger partial charge in [-0.15, -0.1) is 11.8 Å². The Hall–Kier alpha value is -2.58. The third-order valence-electron chi connectivity index (χ3n) is 4.60. The van der Waals surface area contributed by atoms with E-state index in [1.165, 1.54) is 23.6 Å². The van der Waals surface area contributed by atoms with E-state index in [0.29, 0.717) is 42.4 Å². The number of β-lactam (4-membered cyclic amide) rings is 1. The quantitative estimate of drug-likeness (QED) is 0.197. The van der Waals surface area contributed by atoms with Crippen LogP contribution in [-0.2, 0) is 35.6 Å². The molecule has 170 valence electrons. The van der Waals surface area contributed by atoms with E-state index in [2.05, 4.69) is 20.0 Å². The number of nitrogens with zero attached hydrogens (tertiary/aromatic N) is 2. The number of carbonyl (C=O) groups is 3. The number of sulfonamides is 1. The van der Waals surface area contributed by atoms with Gasteiger partial charge in [0.15, 0.2) is 0 Å². The van der Waals surface area contributed by atoms with E-state index in [4.69, 9.17) is 4.74 Å². The number of rotatable bonds is 10. The molecule has 1 amide bonds. The molecule has 0 saturated carbocycles. The Kier molecular flexibility index (Phi) is 6.91. The summed E-state index contributed by atoms with van der Waals surface area (Å²) < 4.78 is 29.4. The van der Waals surface area contributed by atoms with Crippen molar-refractivity contribution in [2.45, 2.75) is 31.2 Å². The molecule has 2 atom stereocenters. The highest BCUT2D eigenvalue weighted by Crippen LogP contribution is 2.41. The Bertz CT molecular complexity index is 1020. The zero-order valence-corrected chi connectivity index (χ0v) is 18.5. The highest BCUT2D eigenvalue weighted by Gasteiger charge is 2.54. The number of carbonyl (C=O) groups excluding carboxylic acids is 2. The minimum absolute atomic E-state index is 0.147. The fraction of sp³-hybridized carbons (Fsp3) is 0.529. The fourth-order valence-corrected chi connectivity index (χ4v) is 5.06. The highest BCUT2D eigenvalue weighted by molar-refractivity contribution is 8.00. The van der Waals surface area contributed by atoms with Crippen LogP contribution >= 0.6 is 11.8 Å². The van der Waals surface area contributed by atoms with E-state index in [-0.39, 0.29) is 12.3 Å². The highest BCUT2D eigenvalue weighted by atomic mass is 32.2. The number of nitrogens with one attached hydrogen (secondary N) is 3. The molecule has 2 aliphatic rings. The van der Waals surface area contributed by atoms with Crippen molar-refractivity contribution in [3.63, 3.8) is 0 Å². The van der Waals surface area contributed by atoms with Crippen molar-refractivity contribution >= 4 is 45.6 Å². The summed E-state index contributed by atoms with van der Waals surface area (Å²) in [6.07, 6.45) is 3.85. The van der Waals surface area contributed by atoms with E-state index in [0.717, 1.165) is 6.26 Å². The molecule has 31 heavy (non-hydrogen) atoms. The number of carboxylic acid groups (broad SMARTS) is 1. The van der Waals surface area contributed by atoms with Gasteiger partial charge in [0.25, 0.3) is 5.91 Å². The molecule has 0 aromatic carbocycles. The second kappa shape index (κ2) is 9.28. The van der Waals surface area contributed by atoms with E-state index in [1.54, 1.807) is 6.20 Å². The van der Waals surface area contributed by atoms with Crippen LogP contribution in [0.3, 0.4) is 0 Å². The van der Waals surface area contributed by atoms with Crippen LogP contribution in [0.25, 0.3) is 0 Å². The Morgan fingerprint density at radius 2 is 2.19 bits per heavy atom. The van der Waals surface area contributed by atoms with Crippen LogP contribution in [0.2, 0.25) is 0 Å². The maximum atomic E-state index is 12.6. The number of aromatic amines is 1. The largest absolute Gasteiger partial charge is 0.477 e. The van der Waals surface area contributed by atoms with Gasteiger partial charge in [-0.25, -0.2) is 22.9 Å². The first-order chi connectivity index (χ1) is 14.6. The maximum absolute atomic E-state index is 12.6. The van der Waals surface area contributed by atoms with Gasteiger partial charge < -0.3 is 20.1 Å². The molecule has 3 heterocycles. The van der Waals surface area contributed by atoms with Crippen molar-refractivity contribution in [2.24, 2.45) is 0 Å². The summed E-state index contributed by atoms with van der Waals surface area (Å²) in [4.78, 5) is 43.9. The molecule has 4 N–H and O–H groups in total. The SMILES string of the molecule is CC(=O)OCC1=C(C(=O)O)N2C(=O)C(Nc3nc(CCCNS(C)(=O)=O)c[nH]3)[C@@H]2SC1. The molecule has 0 bridgehead atoms. The lowest BCUT2D eigenvalue weighted by Gasteiger charge is -2.49. The van der Waals surface area contributed by atoms with Gasteiger partial charge in [-0.05, 0) is 12.8 Å². The first-order valence-electron chi connectivity index (χ1n) is 9.35. The predicted molar refractivity (Wildman–Crippen MR) is 112 cm³/mol. The third-order valence-corrected chi connectivity index (χ3v) is 6.66. The van der Waals surface area contributed by atoms with Crippen LogP contribution in [-0.4, -0.2) is 82.8 Å². The normalized spacial score (nSPS) is 20.8. The summed E-state index contributed by atoms with van der Waals surface area (Å²) in [7, 11) is -3.23. The van der Waals surface area contributed by atoms with Crippen LogP contribution in [0.5, 0.6) is 0 Å². The number of ether oxygens (including phenoxy) is 1. The zero-order chi connectivity index (χ0) is 22.8. The number of esters is 1. The summed E-state index contributed by atoms with van der Waals surface area (Å²) in [5.41, 5.74) is 0.929. The standard InChI is InChI=1S/C17H23N5O7S2/c1-9(23)29-7-10-8-30-15-12(14(24)22(15)13(10)16(25)26)21-17-18-6-11(20-17)4-3-5-19-31(2,27)28/h6,12,15,19H,3-5,7-8H2,1-2H3,(H,25,26)(H2,18,20,21)/t12?,15-/m0/s1. The molecule has 1 fully saturated rings. The lowest BCUT2D eigenvalue weighted by molar-refractivity contribution is -0.147. The topological polar surface area (TPSA) is 171 Å². The molecule has 0 radical (unpaired) electrons. The lowest BCUT2D eigenvalue weighted by atomic mass is 10.0. The number of anilines is 1. The number of carboxylic acids is 1. The molecule has 2 aliphatic heterocycles. The number of imidazole rings is 1. The molecule has 0 spiro atoms. The van der Waals surface area contributed by atoms with Crippen LogP contribution in [0.1, 0.15) is 19.0 Å². The number of aliphatic carboxylic acids is 1. The van der Waals surface area contributed by atoms with Gasteiger partial charge in [0.05, 0.1) is 11.9 Å². The Labute approximate surface area is 182 Å². The van der Waals surface area contributed by atoms with Crippen LogP contribution in [0, 0.1) is 0 Å². The number of hydrogen-bond donors (Lipinski definition) is 4. The third kappa shape index (κ3) is 5.57. The average molecular weight is 474 g/mol. The lowest BCUT2D eigenvalue weighted by Crippen LogP contribution is -2.67. The molecule has 1 saturated heterocycles. The summed E-state index contributed by atoms with van der Waals surface area (Å²) >= 11 is 1.37. The van der Waals surface area contributed by atoms with Gasteiger partial charge in [0.1, 0.15) is 23.7 Å². The average Bonchev–Trinajstić information content (AvgIpc) is 3.13. The van der Waals surface area contributed by atoms with Gasteiger partial charge in [0.2, 0.25) is 16.0 Å². The molecular formula is C17H23N5O7S2. The maximum Gasteiger partial charge on any atom is 0.352 e. The first kappa shape index (κ1) is 23.1. The van der Waals surface area contributed by atoms with Gasteiger partial charge in [-0.2, -0.15) is 0 Å². The summed E-state index contributed by atoms with van der Waals surface area (Å²) in [5, 5.41) is 12.1. The Morgan fingerprint density at radius 3 is 2.84 bits per heavy atom. The second-order valence-corrected chi connectivity index (χ2v) is 10.0. The Morgan fingerprint density at radius 1 is 1.45 bits per heavy atom. The number of thioether (sulfide) groups is 1. The predicted octanol–water partition coefficient (Wildman–Crippen LogP) is -0.511. The first-order valence-corrected chi connectivity index (χ1v) is 12.3. The van der Waals surface area contributed by atoms with E-state index >= 15 is 0 Å². The summed E-state index contributed by atoms with van der Waals surface area (Å²) in [6, 6.07) is -0.652. The molecule has 14 heteroatoms. The molecular weight excluding hydrogens is 450 g/mol. The van der Waals surface area contributed by atoms with Gasteiger partial charge in [-0.1, -0.05) is 0 Å². The summed E-state index contributed by atoms with van der Waals surface area (Å²) in [5.74, 6) is -1.50. The number of aromatic nitrogens is 2. The number of H-pyrrole nitrogens is 1. The monoisotopic (exact) mass is 473 g/mol. The minimum atomic E-state index is -3.23. The number of fused-ring (bicyclic) bond motifs is 1. The van der Waals surface area contributed by atoms with Crippen LogP contribution in [0.4, 0.5) is 5.95 Å². The molecule has 0 aliphatic carbocycles. The molecule has 1 unspecified atom stereocenters. The van der Waals surface area contributed by atoms with Gasteiger partial charge in [0, 0.05) is 31.0 Å². The second-order valence-electron chi connectivity index (χ2n) is 7.08. The van der Waals surface area contributed by atoms with Crippen molar-refractivity contribution in [2.75, 3.05) is 30.5 Å². The van der Waals surface area contributed by atoms with Crippen molar-refractivity contribution in [1.29, 1.82) is 0 Å². The fourth-order valence-electron chi connectivity index (χ4n) is 3.22. The van der Waals surface area contributed by atoms with Crippen molar-refractivity contribution in [1.82, 2.24) is 19.6 Å². The molecule has 1 aromatic rings. The summed E-state index contributed by atoms with van der Waals surface area (Å²) in [6.45, 7) is 1.35. The zero-order valence-electron chi connectivity index (χ0n) is 16.9. The minimum Gasteiger partial charge on any atom is -0.477 e. The van der Waals surface area contributed by atoms with E-state index in [1.807, 2.05) is 0 Å². The molecule has 1 aromatic heterocycles. The number of hydrogen-bond acceptors (Lipinski definition) is 9. The van der Waals surface area contributed by atoms with Gasteiger partial charge >= 0.3 is 11.9 Å². The van der Waals surface area contributed by atoms with E-state index < -0.39 is 39.3 Å². The smallest absolute Gasteiger partial charge is 0.352 e.